The molecule has 1 aromatic carbocycles. The number of hydrogen-bond acceptors (Lipinski definition) is 6. The first-order valence-corrected chi connectivity index (χ1v) is 9.99. The summed E-state index contributed by atoms with van der Waals surface area (Å²) in [5, 5.41) is 15.7. The molecule has 0 saturated carbocycles. The summed E-state index contributed by atoms with van der Waals surface area (Å²) < 4.78 is 1.33. The van der Waals surface area contributed by atoms with Gasteiger partial charge in [0.2, 0.25) is 5.91 Å². The van der Waals surface area contributed by atoms with Crippen LogP contribution in [-0.2, 0) is 11.8 Å². The van der Waals surface area contributed by atoms with Crippen molar-refractivity contribution in [2.45, 2.75) is 12.8 Å². The molecule has 0 unspecified atom stereocenters. The third-order valence-corrected chi connectivity index (χ3v) is 6.03. The lowest BCUT2D eigenvalue weighted by atomic mass is 9.96. The summed E-state index contributed by atoms with van der Waals surface area (Å²) >= 11 is 0. The number of pyridine rings is 1. The Balaban J connectivity index is 1.64. The van der Waals surface area contributed by atoms with Crippen LogP contribution in [0.25, 0.3) is 10.9 Å². The van der Waals surface area contributed by atoms with Crippen LogP contribution < -0.4 is 15.8 Å². The van der Waals surface area contributed by atoms with Crippen LogP contribution in [0.3, 0.4) is 0 Å². The third-order valence-electron chi connectivity index (χ3n) is 6.03. The highest BCUT2D eigenvalue weighted by Crippen LogP contribution is 2.34. The summed E-state index contributed by atoms with van der Waals surface area (Å²) in [5.74, 6) is 0.233. The summed E-state index contributed by atoms with van der Waals surface area (Å²) in [6, 6.07) is 7.23. The lowest BCUT2D eigenvalue weighted by molar-refractivity contribution is -0.385. The molecule has 0 aliphatic carbocycles. The maximum absolute atomic E-state index is 12.8. The number of rotatable bonds is 3. The maximum atomic E-state index is 12.8. The number of carbonyl (C=O) groups is 1. The molecule has 1 N–H and O–H groups in total. The smallest absolute Gasteiger partial charge is 0.357 e. The van der Waals surface area contributed by atoms with E-state index in [1.54, 1.807) is 13.1 Å². The lowest BCUT2D eigenvalue weighted by Crippen LogP contribution is -2.51. The van der Waals surface area contributed by atoms with E-state index in [-0.39, 0.29) is 11.8 Å². The van der Waals surface area contributed by atoms with Gasteiger partial charge in [0.1, 0.15) is 5.69 Å². The van der Waals surface area contributed by atoms with Gasteiger partial charge in [-0.15, -0.1) is 0 Å². The van der Waals surface area contributed by atoms with Crippen LogP contribution >= 0.6 is 0 Å². The van der Waals surface area contributed by atoms with Gasteiger partial charge in [-0.05, 0) is 32.0 Å². The topological polar surface area (TPSA) is 101 Å². The van der Waals surface area contributed by atoms with Gasteiger partial charge in [-0.3, -0.25) is 19.7 Å². The van der Waals surface area contributed by atoms with Gasteiger partial charge < -0.3 is 19.7 Å². The standard InChI is InChI=1S/C20H25N5O4/c1-22-16-5-3-2-4-15(16)17(18(20(22)27)25(28)29)23-10-12-24(13-11-23)19(26)14-6-8-21-9-7-14/h2-5,14,21H,6-13H2,1H3. The minimum atomic E-state index is -0.614. The first-order chi connectivity index (χ1) is 14.0. The molecule has 1 amide bonds. The van der Waals surface area contributed by atoms with Gasteiger partial charge >= 0.3 is 11.2 Å². The summed E-state index contributed by atoms with van der Waals surface area (Å²) in [6.45, 7) is 3.67. The largest absolute Gasteiger partial charge is 0.362 e. The summed E-state index contributed by atoms with van der Waals surface area (Å²) in [5.41, 5.74) is 0.00946. The van der Waals surface area contributed by atoms with Crippen molar-refractivity contribution in [1.82, 2.24) is 14.8 Å². The molecule has 2 aromatic rings. The van der Waals surface area contributed by atoms with E-state index in [4.69, 9.17) is 0 Å². The molecule has 2 aliphatic rings. The molecule has 9 heteroatoms. The molecule has 0 spiro atoms. The second-order valence-corrected chi connectivity index (χ2v) is 7.67. The van der Waals surface area contributed by atoms with Crippen LogP contribution in [0.4, 0.5) is 11.4 Å². The van der Waals surface area contributed by atoms with Gasteiger partial charge in [0.15, 0.2) is 0 Å². The van der Waals surface area contributed by atoms with Gasteiger partial charge in [-0.25, -0.2) is 0 Å². The molecule has 2 saturated heterocycles. The van der Waals surface area contributed by atoms with Gasteiger partial charge in [0.05, 0.1) is 10.4 Å². The number of benzene rings is 1. The van der Waals surface area contributed by atoms with Crippen molar-refractivity contribution in [3.63, 3.8) is 0 Å². The summed E-state index contributed by atoms with van der Waals surface area (Å²) in [7, 11) is 1.55. The molecule has 0 radical (unpaired) electrons. The Kier molecular flexibility index (Phi) is 5.23. The van der Waals surface area contributed by atoms with Crippen molar-refractivity contribution in [3.05, 3.63) is 44.7 Å². The second kappa shape index (κ2) is 7.82. The molecule has 1 aromatic heterocycles. The molecule has 29 heavy (non-hydrogen) atoms. The number of nitrogens with zero attached hydrogens (tertiary/aromatic N) is 4. The SMILES string of the molecule is Cn1c(=O)c([N+](=O)[O-])c(N2CCN(C(=O)C3CCNCC3)CC2)c2ccccc21. The van der Waals surface area contributed by atoms with Crippen LogP contribution in [-0.4, -0.2) is 59.6 Å². The fourth-order valence-electron chi connectivity index (χ4n) is 4.43. The fraction of sp³-hybridized carbons (Fsp3) is 0.500. The normalized spacial score (nSPS) is 18.2. The molecule has 4 rings (SSSR count). The number of aromatic nitrogens is 1. The highest BCUT2D eigenvalue weighted by molar-refractivity contribution is 5.96. The molecule has 2 aliphatic heterocycles. The van der Waals surface area contributed by atoms with Gasteiger partial charge in [0, 0.05) is 44.5 Å². The zero-order valence-electron chi connectivity index (χ0n) is 16.5. The van der Waals surface area contributed by atoms with Crippen molar-refractivity contribution in [2.75, 3.05) is 44.2 Å². The number of para-hydroxylation sites is 1. The molecular formula is C20H25N5O4. The van der Waals surface area contributed by atoms with E-state index in [1.165, 1.54) is 4.57 Å². The van der Waals surface area contributed by atoms with Crippen LogP contribution in [0, 0.1) is 16.0 Å². The predicted octanol–water partition coefficient (Wildman–Crippen LogP) is 1.09. The molecule has 2 fully saturated rings. The first-order valence-electron chi connectivity index (χ1n) is 9.99. The predicted molar refractivity (Wildman–Crippen MR) is 110 cm³/mol. The third kappa shape index (κ3) is 3.46. The maximum Gasteiger partial charge on any atom is 0.357 e. The van der Waals surface area contributed by atoms with E-state index >= 15 is 0 Å². The first kappa shape index (κ1) is 19.4. The minimum absolute atomic E-state index is 0.0574. The van der Waals surface area contributed by atoms with E-state index < -0.39 is 16.2 Å². The average molecular weight is 399 g/mol. The molecular weight excluding hydrogens is 374 g/mol. The number of amides is 1. The number of hydrogen-bond donors (Lipinski definition) is 1. The molecule has 0 bridgehead atoms. The number of carbonyl (C=O) groups excluding carboxylic acids is 1. The molecule has 3 heterocycles. The summed E-state index contributed by atoms with van der Waals surface area (Å²) in [6.07, 6.45) is 1.70. The number of fused-ring (bicyclic) bond motifs is 1. The minimum Gasteiger partial charge on any atom is -0.362 e. The Hall–Kier alpha value is -2.94. The Labute approximate surface area is 168 Å². The Bertz CT molecular complexity index is 1000. The zero-order valence-corrected chi connectivity index (χ0v) is 16.5. The zero-order chi connectivity index (χ0) is 20.5. The molecule has 154 valence electrons. The highest BCUT2D eigenvalue weighted by atomic mass is 16.6. The molecule has 0 atom stereocenters. The van der Waals surface area contributed by atoms with E-state index in [0.29, 0.717) is 42.8 Å². The number of piperazine rings is 1. The molecule has 9 nitrogen and oxygen atoms in total. The fourth-order valence-corrected chi connectivity index (χ4v) is 4.43. The number of nitrogens with one attached hydrogen (secondary N) is 1. The number of piperidine rings is 1. The Morgan fingerprint density at radius 3 is 2.45 bits per heavy atom. The van der Waals surface area contributed by atoms with E-state index in [0.717, 1.165) is 25.9 Å². The van der Waals surface area contributed by atoms with Crippen LogP contribution in [0.2, 0.25) is 0 Å². The van der Waals surface area contributed by atoms with Crippen molar-refractivity contribution in [1.29, 1.82) is 0 Å². The highest BCUT2D eigenvalue weighted by Gasteiger charge is 2.33. The second-order valence-electron chi connectivity index (χ2n) is 7.67. The Morgan fingerprint density at radius 1 is 1.14 bits per heavy atom. The van der Waals surface area contributed by atoms with Crippen molar-refractivity contribution < 1.29 is 9.72 Å². The quantitative estimate of drug-likeness (QED) is 0.613. The van der Waals surface area contributed by atoms with Gasteiger partial charge in [0.25, 0.3) is 0 Å². The number of aryl methyl sites for hydroxylation is 1. The van der Waals surface area contributed by atoms with Crippen LogP contribution in [0.15, 0.2) is 29.1 Å². The van der Waals surface area contributed by atoms with E-state index in [2.05, 4.69) is 5.32 Å². The van der Waals surface area contributed by atoms with Crippen LogP contribution in [0.1, 0.15) is 12.8 Å². The summed E-state index contributed by atoms with van der Waals surface area (Å²) in [4.78, 5) is 40.4. The Morgan fingerprint density at radius 2 is 1.79 bits per heavy atom. The van der Waals surface area contributed by atoms with Crippen molar-refractivity contribution >= 4 is 28.2 Å². The lowest BCUT2D eigenvalue weighted by Gasteiger charge is -2.38. The van der Waals surface area contributed by atoms with E-state index in [1.807, 2.05) is 28.0 Å². The van der Waals surface area contributed by atoms with Crippen molar-refractivity contribution in [3.8, 4) is 0 Å². The number of nitro groups is 1. The van der Waals surface area contributed by atoms with Gasteiger partial charge in [-0.2, -0.15) is 0 Å². The monoisotopic (exact) mass is 399 g/mol. The van der Waals surface area contributed by atoms with Gasteiger partial charge in [-0.1, -0.05) is 18.2 Å². The van der Waals surface area contributed by atoms with Crippen molar-refractivity contribution in [2.24, 2.45) is 13.0 Å². The van der Waals surface area contributed by atoms with Crippen LogP contribution in [0.5, 0.6) is 0 Å². The number of anilines is 1. The average Bonchev–Trinajstić information content (AvgIpc) is 2.76. The van der Waals surface area contributed by atoms with E-state index in [9.17, 15) is 19.7 Å².